The zero-order chi connectivity index (χ0) is 14.9. The monoisotopic (exact) mass is 312 g/mol. The molecule has 0 bridgehead atoms. The van der Waals surface area contributed by atoms with E-state index in [1.807, 2.05) is 0 Å². The molecule has 1 aliphatic heterocycles. The molecule has 0 unspecified atom stereocenters. The number of carbonyl (C=O) groups is 1. The largest absolute Gasteiger partial charge is 0.504 e. The van der Waals surface area contributed by atoms with Gasteiger partial charge < -0.3 is 15.2 Å². The standard InChI is InChI=1S/C11H8N2O5S2/c1-18-9-6(14)3-2-5(8(9)13(16)17)4-7-10(15)12-11(19)20-7/h2-4,14H,1H3,(H,12,15,19)/b7-4-. The number of phenolic OH excluding ortho intramolecular Hbond substituents is 1. The number of nitrogens with zero attached hydrogens (tertiary/aromatic N) is 1. The second-order valence-corrected chi connectivity index (χ2v) is 5.38. The summed E-state index contributed by atoms with van der Waals surface area (Å²) in [5.74, 6) is -1.02. The summed E-state index contributed by atoms with van der Waals surface area (Å²) in [6.45, 7) is 0. The van der Waals surface area contributed by atoms with Crippen molar-refractivity contribution in [3.63, 3.8) is 0 Å². The summed E-state index contributed by atoms with van der Waals surface area (Å²) in [7, 11) is 1.21. The number of aromatic hydroxyl groups is 1. The van der Waals surface area contributed by atoms with Crippen LogP contribution >= 0.6 is 24.0 Å². The van der Waals surface area contributed by atoms with Crippen LogP contribution in [0.3, 0.4) is 0 Å². The van der Waals surface area contributed by atoms with Crippen molar-refractivity contribution in [1.82, 2.24) is 5.32 Å². The third-order valence-corrected chi connectivity index (χ3v) is 3.62. The van der Waals surface area contributed by atoms with E-state index >= 15 is 0 Å². The maximum absolute atomic E-state index is 11.6. The Bertz CT molecular complexity index is 656. The lowest BCUT2D eigenvalue weighted by molar-refractivity contribution is -0.386. The molecule has 1 aromatic rings. The minimum Gasteiger partial charge on any atom is -0.504 e. The zero-order valence-corrected chi connectivity index (χ0v) is 11.7. The van der Waals surface area contributed by atoms with Gasteiger partial charge in [-0.05, 0) is 18.2 Å². The van der Waals surface area contributed by atoms with Gasteiger partial charge in [-0.2, -0.15) is 0 Å². The molecule has 9 heteroatoms. The number of phenols is 1. The maximum atomic E-state index is 11.6. The molecule has 0 saturated carbocycles. The molecule has 0 radical (unpaired) electrons. The zero-order valence-electron chi connectivity index (χ0n) is 10.1. The van der Waals surface area contributed by atoms with Crippen molar-refractivity contribution in [2.24, 2.45) is 0 Å². The Kier molecular flexibility index (Phi) is 3.91. The van der Waals surface area contributed by atoms with E-state index in [1.165, 1.54) is 25.3 Å². The van der Waals surface area contributed by atoms with Crippen LogP contribution in [0.2, 0.25) is 0 Å². The van der Waals surface area contributed by atoms with Gasteiger partial charge in [-0.3, -0.25) is 14.9 Å². The first kappa shape index (κ1) is 14.3. The van der Waals surface area contributed by atoms with Gasteiger partial charge in [-0.15, -0.1) is 0 Å². The van der Waals surface area contributed by atoms with E-state index in [0.717, 1.165) is 11.8 Å². The predicted molar refractivity (Wildman–Crippen MR) is 77.6 cm³/mol. The van der Waals surface area contributed by atoms with Crippen molar-refractivity contribution in [2.75, 3.05) is 7.11 Å². The predicted octanol–water partition coefficient (Wildman–Crippen LogP) is 1.80. The fourth-order valence-electron chi connectivity index (χ4n) is 1.64. The molecule has 20 heavy (non-hydrogen) atoms. The summed E-state index contributed by atoms with van der Waals surface area (Å²) in [4.78, 5) is 22.2. The number of benzene rings is 1. The van der Waals surface area contributed by atoms with Crippen LogP contribution in [0.15, 0.2) is 17.0 Å². The molecule has 1 saturated heterocycles. The first-order chi connectivity index (χ1) is 9.43. The minimum atomic E-state index is -0.680. The van der Waals surface area contributed by atoms with Crippen molar-refractivity contribution >= 4 is 46.0 Å². The van der Waals surface area contributed by atoms with E-state index in [2.05, 4.69) is 5.32 Å². The summed E-state index contributed by atoms with van der Waals surface area (Å²) in [6.07, 6.45) is 1.33. The SMILES string of the molecule is COc1c(O)ccc(/C=C2\SC(=S)NC2=O)c1[N+](=O)[O-]. The molecule has 0 spiro atoms. The smallest absolute Gasteiger partial charge is 0.322 e. The molecule has 0 aliphatic carbocycles. The number of ether oxygens (including phenoxy) is 1. The van der Waals surface area contributed by atoms with Gasteiger partial charge in [0.15, 0.2) is 5.75 Å². The van der Waals surface area contributed by atoms with Gasteiger partial charge in [0.25, 0.3) is 5.91 Å². The van der Waals surface area contributed by atoms with E-state index in [0.29, 0.717) is 0 Å². The summed E-state index contributed by atoms with van der Waals surface area (Å²) in [5, 5.41) is 23.1. The van der Waals surface area contributed by atoms with Gasteiger partial charge >= 0.3 is 5.69 Å². The highest BCUT2D eigenvalue weighted by Gasteiger charge is 2.27. The molecule has 0 atom stereocenters. The Morgan fingerprint density at radius 1 is 1.55 bits per heavy atom. The molecule has 1 aliphatic rings. The number of amides is 1. The van der Waals surface area contributed by atoms with Gasteiger partial charge in [0.05, 0.1) is 22.5 Å². The summed E-state index contributed by atoms with van der Waals surface area (Å²) in [6, 6.07) is 2.59. The number of methoxy groups -OCH3 is 1. The molecular weight excluding hydrogens is 304 g/mol. The molecule has 2 rings (SSSR count). The lowest BCUT2D eigenvalue weighted by atomic mass is 10.1. The molecule has 1 amide bonds. The first-order valence-electron chi connectivity index (χ1n) is 5.23. The number of thioether (sulfide) groups is 1. The van der Waals surface area contributed by atoms with Gasteiger partial charge in [0, 0.05) is 0 Å². The minimum absolute atomic E-state index is 0.145. The van der Waals surface area contributed by atoms with E-state index in [-0.39, 0.29) is 26.3 Å². The molecule has 0 aromatic heterocycles. The maximum Gasteiger partial charge on any atom is 0.322 e. The third-order valence-electron chi connectivity index (χ3n) is 2.46. The first-order valence-corrected chi connectivity index (χ1v) is 6.45. The second-order valence-electron chi connectivity index (χ2n) is 3.67. The number of thiocarbonyl (C=S) groups is 1. The Morgan fingerprint density at radius 2 is 2.25 bits per heavy atom. The van der Waals surface area contributed by atoms with Crippen LogP contribution in [0.1, 0.15) is 5.56 Å². The average molecular weight is 312 g/mol. The molecule has 1 aromatic carbocycles. The number of carbonyl (C=O) groups excluding carboxylic acids is 1. The lowest BCUT2D eigenvalue weighted by Gasteiger charge is -2.06. The van der Waals surface area contributed by atoms with Crippen molar-refractivity contribution in [3.8, 4) is 11.5 Å². The normalized spacial score (nSPS) is 16.4. The molecular formula is C11H8N2O5S2. The lowest BCUT2D eigenvalue weighted by Crippen LogP contribution is -2.17. The highest BCUT2D eigenvalue weighted by Crippen LogP contribution is 2.40. The third kappa shape index (κ3) is 2.58. The summed E-state index contributed by atoms with van der Waals surface area (Å²) >= 11 is 5.85. The Labute approximate surface area is 122 Å². The quantitative estimate of drug-likeness (QED) is 0.380. The number of nitrogens with one attached hydrogen (secondary N) is 1. The average Bonchev–Trinajstić information content (AvgIpc) is 2.69. The Hall–Kier alpha value is -2.13. The fourth-order valence-corrected chi connectivity index (χ4v) is 2.68. The molecule has 104 valence electrons. The molecule has 7 nitrogen and oxygen atoms in total. The molecule has 1 fully saturated rings. The summed E-state index contributed by atoms with van der Waals surface area (Å²) in [5.41, 5.74) is -0.266. The number of hydrogen-bond acceptors (Lipinski definition) is 7. The van der Waals surface area contributed by atoms with Crippen molar-refractivity contribution in [1.29, 1.82) is 0 Å². The summed E-state index contributed by atoms with van der Waals surface area (Å²) < 4.78 is 5.12. The van der Waals surface area contributed by atoms with E-state index in [1.54, 1.807) is 0 Å². The van der Waals surface area contributed by atoms with E-state index in [9.17, 15) is 20.0 Å². The van der Waals surface area contributed by atoms with Crippen LogP contribution < -0.4 is 10.1 Å². The van der Waals surface area contributed by atoms with Crippen LogP contribution in [0.5, 0.6) is 11.5 Å². The van der Waals surface area contributed by atoms with Gasteiger partial charge in [0.2, 0.25) is 5.75 Å². The van der Waals surface area contributed by atoms with Crippen LogP contribution in [0.25, 0.3) is 6.08 Å². The fraction of sp³-hybridized carbons (Fsp3) is 0.0909. The Morgan fingerprint density at radius 3 is 2.75 bits per heavy atom. The number of hydrogen-bond donors (Lipinski definition) is 2. The Balaban J connectivity index is 2.58. The van der Waals surface area contributed by atoms with Crippen molar-refractivity contribution < 1.29 is 19.6 Å². The molecule has 1 heterocycles. The van der Waals surface area contributed by atoms with Crippen LogP contribution in [-0.2, 0) is 4.79 Å². The topological polar surface area (TPSA) is 102 Å². The number of nitro benzene ring substituents is 1. The number of nitro groups is 1. The number of rotatable bonds is 3. The highest BCUT2D eigenvalue weighted by atomic mass is 32.2. The van der Waals surface area contributed by atoms with Crippen LogP contribution in [-0.4, -0.2) is 27.4 Å². The molecule has 2 N–H and O–H groups in total. The van der Waals surface area contributed by atoms with E-state index in [4.69, 9.17) is 17.0 Å². The highest BCUT2D eigenvalue weighted by molar-refractivity contribution is 8.26. The van der Waals surface area contributed by atoms with Crippen molar-refractivity contribution in [2.45, 2.75) is 0 Å². The van der Waals surface area contributed by atoms with E-state index < -0.39 is 16.5 Å². The van der Waals surface area contributed by atoms with Gasteiger partial charge in [0.1, 0.15) is 4.32 Å². The van der Waals surface area contributed by atoms with Gasteiger partial charge in [-0.1, -0.05) is 24.0 Å². The van der Waals surface area contributed by atoms with Gasteiger partial charge in [-0.25, -0.2) is 0 Å². The second kappa shape index (κ2) is 5.47. The van der Waals surface area contributed by atoms with Crippen molar-refractivity contribution in [3.05, 3.63) is 32.7 Å². The van der Waals surface area contributed by atoms with Crippen LogP contribution in [0, 0.1) is 10.1 Å². The van der Waals surface area contributed by atoms with Crippen LogP contribution in [0.4, 0.5) is 5.69 Å².